The van der Waals surface area contributed by atoms with Crippen molar-refractivity contribution in [2.75, 3.05) is 0 Å². The van der Waals surface area contributed by atoms with Crippen LogP contribution in [-0.2, 0) is 6.18 Å². The van der Waals surface area contributed by atoms with E-state index in [-0.39, 0.29) is 10.6 Å². The normalized spacial score (nSPS) is 14.0. The van der Waals surface area contributed by atoms with E-state index in [2.05, 4.69) is 0 Å². The summed E-state index contributed by atoms with van der Waals surface area (Å²) in [6.07, 6.45) is -3.96. The van der Waals surface area contributed by atoms with E-state index < -0.39 is 17.8 Å². The van der Waals surface area contributed by atoms with Crippen molar-refractivity contribution >= 4 is 11.6 Å². The number of halogens is 4. The van der Waals surface area contributed by atoms with Crippen LogP contribution in [0.2, 0.25) is 5.02 Å². The molecule has 2 N–H and O–H groups in total. The van der Waals surface area contributed by atoms with Crippen molar-refractivity contribution in [1.29, 1.82) is 0 Å². The molecule has 1 unspecified atom stereocenters. The third kappa shape index (κ3) is 2.86. The van der Waals surface area contributed by atoms with Crippen LogP contribution in [0.1, 0.15) is 30.5 Å². The van der Waals surface area contributed by atoms with E-state index >= 15 is 0 Å². The number of hydrogen-bond donors (Lipinski definition) is 1. The SMILES string of the molecule is CCC(N)c1ccc(Cl)cc1C(F)(F)F. The van der Waals surface area contributed by atoms with Crippen molar-refractivity contribution in [3.05, 3.63) is 34.3 Å². The lowest BCUT2D eigenvalue weighted by Crippen LogP contribution is -2.16. The van der Waals surface area contributed by atoms with Crippen molar-refractivity contribution in [2.24, 2.45) is 5.73 Å². The van der Waals surface area contributed by atoms with Crippen LogP contribution >= 0.6 is 11.6 Å². The monoisotopic (exact) mass is 237 g/mol. The quantitative estimate of drug-likeness (QED) is 0.833. The van der Waals surface area contributed by atoms with Gasteiger partial charge in [-0.05, 0) is 24.1 Å². The van der Waals surface area contributed by atoms with Crippen molar-refractivity contribution < 1.29 is 13.2 Å². The molecule has 0 saturated carbocycles. The first-order valence-corrected chi connectivity index (χ1v) is 4.86. The lowest BCUT2D eigenvalue weighted by Gasteiger charge is -2.17. The zero-order valence-electron chi connectivity index (χ0n) is 8.11. The summed E-state index contributed by atoms with van der Waals surface area (Å²) in [6, 6.07) is 3.05. The van der Waals surface area contributed by atoms with Gasteiger partial charge >= 0.3 is 6.18 Å². The van der Waals surface area contributed by atoms with E-state index in [0.717, 1.165) is 6.07 Å². The van der Waals surface area contributed by atoms with Gasteiger partial charge in [0, 0.05) is 11.1 Å². The Kier molecular flexibility index (Phi) is 3.62. The minimum absolute atomic E-state index is 0.0642. The third-order valence-corrected chi connectivity index (χ3v) is 2.40. The van der Waals surface area contributed by atoms with Gasteiger partial charge in [-0.15, -0.1) is 0 Å². The number of nitrogens with two attached hydrogens (primary N) is 1. The molecule has 1 atom stereocenters. The molecule has 0 fully saturated rings. The number of benzene rings is 1. The molecule has 0 saturated heterocycles. The first kappa shape index (κ1) is 12.3. The summed E-state index contributed by atoms with van der Waals surface area (Å²) in [7, 11) is 0. The minimum atomic E-state index is -4.41. The maximum absolute atomic E-state index is 12.6. The smallest absolute Gasteiger partial charge is 0.324 e. The highest BCUT2D eigenvalue weighted by molar-refractivity contribution is 6.30. The molecule has 0 spiro atoms. The fourth-order valence-corrected chi connectivity index (χ4v) is 1.49. The van der Waals surface area contributed by atoms with Crippen LogP contribution in [0.25, 0.3) is 0 Å². The molecule has 0 radical (unpaired) electrons. The Labute approximate surface area is 91.0 Å². The highest BCUT2D eigenvalue weighted by Crippen LogP contribution is 2.36. The molecule has 0 aliphatic carbocycles. The molecule has 1 aromatic carbocycles. The van der Waals surface area contributed by atoms with Crippen molar-refractivity contribution in [2.45, 2.75) is 25.6 Å². The Balaban J connectivity index is 3.27. The van der Waals surface area contributed by atoms with Gasteiger partial charge in [-0.25, -0.2) is 0 Å². The summed E-state index contributed by atoms with van der Waals surface area (Å²) < 4.78 is 37.8. The first-order chi connectivity index (χ1) is 6.86. The molecule has 15 heavy (non-hydrogen) atoms. The second-order valence-corrected chi connectivity index (χ2v) is 3.68. The van der Waals surface area contributed by atoms with Crippen LogP contribution in [0.15, 0.2) is 18.2 Å². The topological polar surface area (TPSA) is 26.0 Å². The molecule has 84 valence electrons. The van der Waals surface area contributed by atoms with E-state index in [0.29, 0.717) is 6.42 Å². The Morgan fingerprint density at radius 2 is 2.00 bits per heavy atom. The molecular weight excluding hydrogens is 227 g/mol. The molecule has 0 aromatic heterocycles. The number of hydrogen-bond acceptors (Lipinski definition) is 1. The Morgan fingerprint density at radius 3 is 2.47 bits per heavy atom. The zero-order valence-corrected chi connectivity index (χ0v) is 8.86. The van der Waals surface area contributed by atoms with Crippen LogP contribution in [0.5, 0.6) is 0 Å². The molecule has 0 amide bonds. The van der Waals surface area contributed by atoms with Gasteiger partial charge in [0.25, 0.3) is 0 Å². The van der Waals surface area contributed by atoms with Crippen molar-refractivity contribution in [3.63, 3.8) is 0 Å². The van der Waals surface area contributed by atoms with Gasteiger partial charge in [-0.3, -0.25) is 0 Å². The summed E-state index contributed by atoms with van der Waals surface area (Å²) in [6.45, 7) is 1.74. The van der Waals surface area contributed by atoms with Crippen molar-refractivity contribution in [3.8, 4) is 0 Å². The lowest BCUT2D eigenvalue weighted by atomic mass is 9.99. The van der Waals surface area contributed by atoms with Crippen LogP contribution in [-0.4, -0.2) is 0 Å². The largest absolute Gasteiger partial charge is 0.416 e. The Hall–Kier alpha value is -0.740. The van der Waals surface area contributed by atoms with Crippen molar-refractivity contribution in [1.82, 2.24) is 0 Å². The van der Waals surface area contributed by atoms with Gasteiger partial charge < -0.3 is 5.73 Å². The van der Waals surface area contributed by atoms with E-state index in [1.807, 2.05) is 0 Å². The molecule has 1 aromatic rings. The predicted octanol–water partition coefficient (Wildman–Crippen LogP) is 3.77. The lowest BCUT2D eigenvalue weighted by molar-refractivity contribution is -0.138. The van der Waals surface area contributed by atoms with Gasteiger partial charge in [0.05, 0.1) is 5.56 Å². The third-order valence-electron chi connectivity index (χ3n) is 2.16. The van der Waals surface area contributed by atoms with Crippen LogP contribution in [0.3, 0.4) is 0 Å². The molecule has 0 aliphatic rings. The molecule has 0 bridgehead atoms. The summed E-state index contributed by atoms with van der Waals surface area (Å²) in [5.41, 5.74) is 4.94. The molecule has 1 rings (SSSR count). The summed E-state index contributed by atoms with van der Waals surface area (Å²) in [5, 5.41) is 0.0642. The highest BCUT2D eigenvalue weighted by Gasteiger charge is 2.34. The van der Waals surface area contributed by atoms with E-state index in [1.54, 1.807) is 6.92 Å². The van der Waals surface area contributed by atoms with Gasteiger partial charge in [-0.1, -0.05) is 24.6 Å². The van der Waals surface area contributed by atoms with E-state index in [4.69, 9.17) is 17.3 Å². The van der Waals surface area contributed by atoms with E-state index in [9.17, 15) is 13.2 Å². The van der Waals surface area contributed by atoms with Crippen LogP contribution in [0.4, 0.5) is 13.2 Å². The van der Waals surface area contributed by atoms with Gasteiger partial charge in [-0.2, -0.15) is 13.2 Å². The maximum atomic E-state index is 12.6. The summed E-state index contributed by atoms with van der Waals surface area (Å²) in [5.74, 6) is 0. The summed E-state index contributed by atoms with van der Waals surface area (Å²) in [4.78, 5) is 0. The Bertz CT molecular complexity index is 349. The van der Waals surface area contributed by atoms with E-state index in [1.165, 1.54) is 12.1 Å². The number of alkyl halides is 3. The molecule has 0 heterocycles. The average Bonchev–Trinajstić information content (AvgIpc) is 2.15. The second kappa shape index (κ2) is 4.41. The average molecular weight is 238 g/mol. The molecule has 1 nitrogen and oxygen atoms in total. The van der Waals surface area contributed by atoms with Gasteiger partial charge in [0.15, 0.2) is 0 Å². The number of rotatable bonds is 2. The molecular formula is C10H11ClF3N. The molecule has 0 aliphatic heterocycles. The van der Waals surface area contributed by atoms with Gasteiger partial charge in [0.1, 0.15) is 0 Å². The minimum Gasteiger partial charge on any atom is -0.324 e. The standard InChI is InChI=1S/C10H11ClF3N/c1-2-9(15)7-4-3-6(11)5-8(7)10(12,13)14/h3-5,9H,2,15H2,1H3. The highest BCUT2D eigenvalue weighted by atomic mass is 35.5. The van der Waals surface area contributed by atoms with Gasteiger partial charge in [0.2, 0.25) is 0 Å². The second-order valence-electron chi connectivity index (χ2n) is 3.24. The first-order valence-electron chi connectivity index (χ1n) is 4.48. The fourth-order valence-electron chi connectivity index (χ4n) is 1.32. The maximum Gasteiger partial charge on any atom is 0.416 e. The molecule has 5 heteroatoms. The van der Waals surface area contributed by atoms with Crippen LogP contribution in [0, 0.1) is 0 Å². The fraction of sp³-hybridized carbons (Fsp3) is 0.400. The van der Waals surface area contributed by atoms with Crippen LogP contribution < -0.4 is 5.73 Å². The zero-order chi connectivity index (χ0) is 11.6. The predicted molar refractivity (Wildman–Crippen MR) is 53.7 cm³/mol. The Morgan fingerprint density at radius 1 is 1.40 bits per heavy atom. The summed E-state index contributed by atoms with van der Waals surface area (Å²) >= 11 is 5.53.